The first-order valence-electron chi connectivity index (χ1n) is 20.7. The first-order valence-corrected chi connectivity index (χ1v) is 22.2. The fourth-order valence-electron chi connectivity index (χ4n) is 4.90. The van der Waals surface area contributed by atoms with Crippen molar-refractivity contribution in [2.45, 2.75) is 148 Å². The van der Waals surface area contributed by atoms with Crippen LogP contribution in [0.15, 0.2) is 97.2 Å². The van der Waals surface area contributed by atoms with E-state index in [0.29, 0.717) is 12.8 Å². The molecule has 0 rings (SSSR count). The van der Waals surface area contributed by atoms with E-state index in [2.05, 4.69) is 111 Å². The molecule has 0 aromatic carbocycles. The highest BCUT2D eigenvalue weighted by Gasteiger charge is 2.25. The number of carbonyl (C=O) groups is 2. The minimum absolute atomic E-state index is 0.0367. The number of carbonyl (C=O) groups excluding carboxylic acids is 2. The number of hydrogen-bond acceptors (Lipinski definition) is 8. The van der Waals surface area contributed by atoms with Crippen LogP contribution in [0.3, 0.4) is 0 Å². The Bertz CT molecular complexity index is 1220. The van der Waals surface area contributed by atoms with Crippen LogP contribution in [0.4, 0.5) is 0 Å². The molecule has 0 aliphatic rings. The molecule has 55 heavy (non-hydrogen) atoms. The summed E-state index contributed by atoms with van der Waals surface area (Å²) >= 11 is 0. The van der Waals surface area contributed by atoms with E-state index in [1.165, 1.54) is 19.3 Å². The molecular formula is C45H74NO8P. The lowest BCUT2D eigenvalue weighted by Gasteiger charge is -2.19. The highest BCUT2D eigenvalue weighted by atomic mass is 31.2. The van der Waals surface area contributed by atoms with Gasteiger partial charge >= 0.3 is 19.8 Å². The number of allylic oxidation sites excluding steroid dienone is 16. The lowest BCUT2D eigenvalue weighted by molar-refractivity contribution is -0.161. The second kappa shape index (κ2) is 40.6. The third-order valence-electron chi connectivity index (χ3n) is 7.95. The monoisotopic (exact) mass is 788 g/mol. The Labute approximate surface area is 334 Å². The van der Waals surface area contributed by atoms with E-state index in [1.807, 2.05) is 0 Å². The molecule has 0 saturated heterocycles. The van der Waals surface area contributed by atoms with E-state index in [-0.39, 0.29) is 32.6 Å². The fourth-order valence-corrected chi connectivity index (χ4v) is 5.67. The van der Waals surface area contributed by atoms with E-state index < -0.39 is 32.5 Å². The van der Waals surface area contributed by atoms with Gasteiger partial charge < -0.3 is 20.1 Å². The van der Waals surface area contributed by atoms with Crippen molar-refractivity contribution in [3.05, 3.63) is 97.2 Å². The molecule has 0 spiro atoms. The molecular weight excluding hydrogens is 713 g/mol. The average molecular weight is 788 g/mol. The summed E-state index contributed by atoms with van der Waals surface area (Å²) < 4.78 is 32.7. The molecule has 0 saturated carbocycles. The molecule has 10 heteroatoms. The van der Waals surface area contributed by atoms with Gasteiger partial charge in [-0.05, 0) is 96.3 Å². The van der Waals surface area contributed by atoms with Gasteiger partial charge in [-0.25, -0.2) is 4.57 Å². The molecule has 0 heterocycles. The summed E-state index contributed by atoms with van der Waals surface area (Å²) in [5.41, 5.74) is 5.34. The van der Waals surface area contributed by atoms with Gasteiger partial charge in [-0.1, -0.05) is 130 Å². The van der Waals surface area contributed by atoms with Gasteiger partial charge in [0.05, 0.1) is 13.2 Å². The Balaban J connectivity index is 4.34. The first kappa shape index (κ1) is 51.9. The maximum Gasteiger partial charge on any atom is 0.472 e. The zero-order valence-electron chi connectivity index (χ0n) is 34.1. The van der Waals surface area contributed by atoms with E-state index in [1.54, 1.807) is 0 Å². The number of esters is 2. The predicted octanol–water partition coefficient (Wildman–Crippen LogP) is 11.8. The second-order valence-corrected chi connectivity index (χ2v) is 14.6. The van der Waals surface area contributed by atoms with E-state index in [0.717, 1.165) is 83.5 Å². The summed E-state index contributed by atoms with van der Waals surface area (Å²) in [6, 6.07) is 0. The Morgan fingerprint density at radius 1 is 0.564 bits per heavy atom. The van der Waals surface area contributed by atoms with Gasteiger partial charge in [-0.3, -0.25) is 18.6 Å². The lowest BCUT2D eigenvalue weighted by Crippen LogP contribution is -2.29. The number of rotatable bonds is 37. The number of unbranched alkanes of at least 4 members (excludes halogenated alkanes) is 8. The minimum Gasteiger partial charge on any atom is -0.462 e. The van der Waals surface area contributed by atoms with Crippen LogP contribution >= 0.6 is 7.82 Å². The molecule has 0 aromatic heterocycles. The van der Waals surface area contributed by atoms with Crippen LogP contribution in [0.25, 0.3) is 0 Å². The summed E-state index contributed by atoms with van der Waals surface area (Å²) in [6.45, 7) is 3.47. The molecule has 312 valence electrons. The molecule has 2 atom stereocenters. The zero-order chi connectivity index (χ0) is 40.3. The van der Waals surface area contributed by atoms with Crippen molar-refractivity contribution in [2.24, 2.45) is 5.73 Å². The Hall–Kier alpha value is -3.07. The standard InChI is InChI=1S/C45H74NO8P/c1-3-5-7-9-11-13-15-17-19-20-21-22-24-26-28-30-32-34-36-38-45(48)54-43(42-53-55(49,50)52-40-39-46)41-51-44(47)37-35-33-31-29-27-25-23-18-16-14-12-10-8-6-4-2/h5,7,11-14,17-19,21-23,26-29,43H,3-4,6,8-10,15-16,20,24-25,30-42,46H2,1-2H3,(H,49,50)/t43-/m1/s1. The van der Waals surface area contributed by atoms with Crippen molar-refractivity contribution in [3.8, 4) is 0 Å². The predicted molar refractivity (Wildman–Crippen MR) is 228 cm³/mol. The van der Waals surface area contributed by atoms with Gasteiger partial charge in [0.1, 0.15) is 6.61 Å². The number of nitrogens with two attached hydrogens (primary N) is 1. The average Bonchev–Trinajstić information content (AvgIpc) is 3.17. The SMILES string of the molecule is CCC=CCC=CCC=CCC=CCC=CCCCCCC(=O)O[C@H](COC(=O)CCCCC=CCC=CCC=CCCCCC)COP(=O)(O)OCCN. The van der Waals surface area contributed by atoms with Crippen molar-refractivity contribution >= 4 is 19.8 Å². The van der Waals surface area contributed by atoms with Crippen LogP contribution in [-0.2, 0) is 32.7 Å². The lowest BCUT2D eigenvalue weighted by atomic mass is 10.1. The van der Waals surface area contributed by atoms with Crippen molar-refractivity contribution in [3.63, 3.8) is 0 Å². The topological polar surface area (TPSA) is 134 Å². The maximum absolute atomic E-state index is 12.6. The van der Waals surface area contributed by atoms with Crippen LogP contribution in [0.2, 0.25) is 0 Å². The highest BCUT2D eigenvalue weighted by molar-refractivity contribution is 7.47. The summed E-state index contributed by atoms with van der Waals surface area (Å²) in [4.78, 5) is 34.8. The molecule has 9 nitrogen and oxygen atoms in total. The largest absolute Gasteiger partial charge is 0.472 e. The molecule has 0 aliphatic heterocycles. The van der Waals surface area contributed by atoms with Crippen LogP contribution in [0.1, 0.15) is 142 Å². The van der Waals surface area contributed by atoms with Gasteiger partial charge in [0, 0.05) is 19.4 Å². The normalized spacial score (nSPS) is 14.3. The van der Waals surface area contributed by atoms with E-state index in [9.17, 15) is 19.0 Å². The van der Waals surface area contributed by atoms with Gasteiger partial charge in [-0.2, -0.15) is 0 Å². The highest BCUT2D eigenvalue weighted by Crippen LogP contribution is 2.43. The quantitative estimate of drug-likeness (QED) is 0.0273. The van der Waals surface area contributed by atoms with E-state index >= 15 is 0 Å². The van der Waals surface area contributed by atoms with Gasteiger partial charge in [0.2, 0.25) is 0 Å². The molecule has 1 unspecified atom stereocenters. The Morgan fingerprint density at radius 2 is 1.00 bits per heavy atom. The fraction of sp³-hybridized carbons (Fsp3) is 0.600. The third-order valence-corrected chi connectivity index (χ3v) is 8.94. The first-order chi connectivity index (χ1) is 26.8. The van der Waals surface area contributed by atoms with Gasteiger partial charge in [0.25, 0.3) is 0 Å². The number of hydrogen-bond donors (Lipinski definition) is 2. The maximum atomic E-state index is 12.6. The van der Waals surface area contributed by atoms with Crippen LogP contribution in [-0.4, -0.2) is 49.3 Å². The van der Waals surface area contributed by atoms with Crippen molar-refractivity contribution in [1.29, 1.82) is 0 Å². The number of phosphoric acid groups is 1. The summed E-state index contributed by atoms with van der Waals surface area (Å²) in [5, 5.41) is 0. The van der Waals surface area contributed by atoms with Crippen molar-refractivity contribution in [2.75, 3.05) is 26.4 Å². The smallest absolute Gasteiger partial charge is 0.462 e. The molecule has 0 radical (unpaired) electrons. The molecule has 0 aliphatic carbocycles. The van der Waals surface area contributed by atoms with Crippen molar-refractivity contribution in [1.82, 2.24) is 0 Å². The molecule has 0 fully saturated rings. The second-order valence-electron chi connectivity index (χ2n) is 13.1. The Morgan fingerprint density at radius 3 is 1.49 bits per heavy atom. The third kappa shape index (κ3) is 40.4. The van der Waals surface area contributed by atoms with Gasteiger partial charge in [0.15, 0.2) is 6.10 Å². The van der Waals surface area contributed by atoms with Crippen molar-refractivity contribution < 1.29 is 37.6 Å². The molecule has 0 bridgehead atoms. The zero-order valence-corrected chi connectivity index (χ0v) is 35.0. The van der Waals surface area contributed by atoms with Crippen LogP contribution in [0, 0.1) is 0 Å². The van der Waals surface area contributed by atoms with Crippen LogP contribution in [0.5, 0.6) is 0 Å². The Kier molecular flexibility index (Phi) is 38.3. The minimum atomic E-state index is -4.40. The summed E-state index contributed by atoms with van der Waals surface area (Å²) in [7, 11) is -4.40. The molecule has 0 amide bonds. The number of phosphoric ester groups is 1. The molecule has 3 N–H and O–H groups in total. The van der Waals surface area contributed by atoms with Crippen LogP contribution < -0.4 is 5.73 Å². The summed E-state index contributed by atoms with van der Waals surface area (Å²) in [6.07, 6.45) is 51.5. The molecule has 0 aromatic rings. The summed E-state index contributed by atoms with van der Waals surface area (Å²) in [5.74, 6) is -0.923. The van der Waals surface area contributed by atoms with Gasteiger partial charge in [-0.15, -0.1) is 0 Å². The van der Waals surface area contributed by atoms with E-state index in [4.69, 9.17) is 24.3 Å². The number of ether oxygens (including phenoxy) is 2.